The van der Waals surface area contributed by atoms with Crippen LogP contribution in [-0.2, 0) is 9.53 Å². The Morgan fingerprint density at radius 3 is 2.45 bits per heavy atom. The Bertz CT molecular complexity index is 426. The van der Waals surface area contributed by atoms with E-state index >= 15 is 0 Å². The summed E-state index contributed by atoms with van der Waals surface area (Å²) in [5.41, 5.74) is 6.35. The van der Waals surface area contributed by atoms with Crippen molar-refractivity contribution in [1.29, 1.82) is 0 Å². The molecule has 2 atom stereocenters. The largest absolute Gasteiger partial charge is 0.435 e. The lowest BCUT2D eigenvalue weighted by atomic mass is 10.1. The monoisotopic (exact) mass is 288 g/mol. The van der Waals surface area contributed by atoms with E-state index in [0.717, 1.165) is 5.56 Å². The molecular formula is C13H18F2N2O3. The number of halogens is 2. The Morgan fingerprint density at radius 2 is 1.95 bits per heavy atom. The van der Waals surface area contributed by atoms with E-state index in [4.69, 9.17) is 10.5 Å². The van der Waals surface area contributed by atoms with Gasteiger partial charge in [0.05, 0.1) is 12.6 Å². The van der Waals surface area contributed by atoms with Crippen molar-refractivity contribution in [2.75, 3.05) is 13.7 Å². The standard InChI is InChI=1S/C13H18F2N2O3/c1-8(17-12(18)11(16)7-19-2)9-3-5-10(6-4-9)20-13(14)15/h3-6,8,11,13H,7,16H2,1-2H3,(H,17,18). The van der Waals surface area contributed by atoms with Crippen molar-refractivity contribution in [1.82, 2.24) is 5.32 Å². The van der Waals surface area contributed by atoms with Crippen molar-refractivity contribution in [3.05, 3.63) is 29.8 Å². The van der Waals surface area contributed by atoms with Crippen LogP contribution in [0.15, 0.2) is 24.3 Å². The average molecular weight is 288 g/mol. The van der Waals surface area contributed by atoms with Gasteiger partial charge in [-0.05, 0) is 24.6 Å². The van der Waals surface area contributed by atoms with Gasteiger partial charge in [-0.25, -0.2) is 0 Å². The average Bonchev–Trinajstić information content (AvgIpc) is 2.39. The van der Waals surface area contributed by atoms with Crippen molar-refractivity contribution < 1.29 is 23.0 Å². The summed E-state index contributed by atoms with van der Waals surface area (Å²) < 4.78 is 33.1. The highest BCUT2D eigenvalue weighted by Gasteiger charge is 2.16. The molecule has 1 aromatic rings. The molecule has 0 aromatic heterocycles. The molecule has 0 heterocycles. The summed E-state index contributed by atoms with van der Waals surface area (Å²) in [6.07, 6.45) is 0. The van der Waals surface area contributed by atoms with Gasteiger partial charge in [0.1, 0.15) is 11.8 Å². The molecule has 0 saturated heterocycles. The lowest BCUT2D eigenvalue weighted by molar-refractivity contribution is -0.124. The van der Waals surface area contributed by atoms with Crippen molar-refractivity contribution in [3.63, 3.8) is 0 Å². The first-order chi connectivity index (χ1) is 9.43. The molecule has 0 bridgehead atoms. The fourth-order valence-corrected chi connectivity index (χ4v) is 1.60. The molecule has 0 aliphatic carbocycles. The summed E-state index contributed by atoms with van der Waals surface area (Å²) in [5, 5.41) is 2.71. The van der Waals surface area contributed by atoms with Gasteiger partial charge in [-0.1, -0.05) is 12.1 Å². The van der Waals surface area contributed by atoms with Gasteiger partial charge in [0.2, 0.25) is 5.91 Å². The van der Waals surface area contributed by atoms with Crippen LogP contribution in [0.25, 0.3) is 0 Å². The second-order valence-electron chi connectivity index (χ2n) is 4.24. The van der Waals surface area contributed by atoms with Crippen LogP contribution in [-0.4, -0.2) is 32.3 Å². The lowest BCUT2D eigenvalue weighted by Gasteiger charge is -2.17. The van der Waals surface area contributed by atoms with E-state index in [9.17, 15) is 13.6 Å². The summed E-state index contributed by atoms with van der Waals surface area (Å²) in [6.45, 7) is -0.967. The summed E-state index contributed by atoms with van der Waals surface area (Å²) >= 11 is 0. The third-order valence-corrected chi connectivity index (χ3v) is 2.65. The predicted molar refractivity (Wildman–Crippen MR) is 69.5 cm³/mol. The number of nitrogens with one attached hydrogen (secondary N) is 1. The number of amides is 1. The van der Waals surface area contributed by atoms with E-state index in [2.05, 4.69) is 10.1 Å². The molecule has 3 N–H and O–H groups in total. The number of alkyl halides is 2. The Labute approximate surface area is 116 Å². The van der Waals surface area contributed by atoms with Crippen molar-refractivity contribution in [2.45, 2.75) is 25.6 Å². The molecule has 5 nitrogen and oxygen atoms in total. The zero-order valence-electron chi connectivity index (χ0n) is 11.3. The van der Waals surface area contributed by atoms with Gasteiger partial charge in [-0.2, -0.15) is 8.78 Å². The molecule has 112 valence electrons. The fourth-order valence-electron chi connectivity index (χ4n) is 1.60. The van der Waals surface area contributed by atoms with E-state index in [1.165, 1.54) is 19.2 Å². The molecule has 0 aliphatic heterocycles. The topological polar surface area (TPSA) is 73.6 Å². The maximum atomic E-state index is 12.0. The Kier molecular flexibility index (Phi) is 6.33. The normalized spacial score (nSPS) is 13.9. The van der Waals surface area contributed by atoms with Gasteiger partial charge in [-0.3, -0.25) is 4.79 Å². The zero-order valence-corrected chi connectivity index (χ0v) is 11.3. The van der Waals surface area contributed by atoms with Crippen molar-refractivity contribution in [3.8, 4) is 5.75 Å². The minimum atomic E-state index is -2.86. The molecule has 1 rings (SSSR count). The highest BCUT2D eigenvalue weighted by molar-refractivity contribution is 5.82. The number of methoxy groups -OCH3 is 1. The molecule has 20 heavy (non-hydrogen) atoms. The number of rotatable bonds is 7. The van der Waals surface area contributed by atoms with Gasteiger partial charge in [0, 0.05) is 7.11 Å². The first kappa shape index (κ1) is 16.3. The van der Waals surface area contributed by atoms with Crippen LogP contribution in [0.4, 0.5) is 8.78 Å². The Balaban J connectivity index is 2.59. The van der Waals surface area contributed by atoms with Crippen LogP contribution in [0, 0.1) is 0 Å². The van der Waals surface area contributed by atoms with Gasteiger partial charge < -0.3 is 20.5 Å². The van der Waals surface area contributed by atoms with Gasteiger partial charge in [0.25, 0.3) is 0 Å². The molecule has 7 heteroatoms. The minimum absolute atomic E-state index is 0.0679. The van der Waals surface area contributed by atoms with E-state index in [-0.39, 0.29) is 24.3 Å². The number of hydrogen-bond acceptors (Lipinski definition) is 4. The molecular weight excluding hydrogens is 270 g/mol. The SMILES string of the molecule is COCC(N)C(=O)NC(C)c1ccc(OC(F)F)cc1. The van der Waals surface area contributed by atoms with Crippen LogP contribution in [0.2, 0.25) is 0 Å². The molecule has 1 amide bonds. The first-order valence-electron chi connectivity index (χ1n) is 6.03. The van der Waals surface area contributed by atoms with Crippen LogP contribution in [0.5, 0.6) is 5.75 Å². The number of carbonyl (C=O) groups is 1. The smallest absolute Gasteiger partial charge is 0.387 e. The lowest BCUT2D eigenvalue weighted by Crippen LogP contribution is -2.44. The molecule has 0 aliphatic rings. The minimum Gasteiger partial charge on any atom is -0.435 e. The van der Waals surface area contributed by atoms with Gasteiger partial charge >= 0.3 is 6.61 Å². The second-order valence-corrected chi connectivity index (χ2v) is 4.24. The van der Waals surface area contributed by atoms with Crippen LogP contribution >= 0.6 is 0 Å². The highest BCUT2D eigenvalue weighted by atomic mass is 19.3. The molecule has 2 unspecified atom stereocenters. The highest BCUT2D eigenvalue weighted by Crippen LogP contribution is 2.19. The van der Waals surface area contributed by atoms with Crippen LogP contribution < -0.4 is 15.8 Å². The summed E-state index contributed by atoms with van der Waals surface area (Å²) in [5.74, 6) is -0.273. The van der Waals surface area contributed by atoms with E-state index in [0.29, 0.717) is 0 Å². The Morgan fingerprint density at radius 1 is 1.35 bits per heavy atom. The number of ether oxygens (including phenoxy) is 2. The summed E-state index contributed by atoms with van der Waals surface area (Å²) in [6, 6.07) is 4.99. The maximum absolute atomic E-state index is 12.0. The number of hydrogen-bond donors (Lipinski definition) is 2. The molecule has 1 aromatic carbocycles. The number of benzene rings is 1. The molecule has 0 radical (unpaired) electrons. The van der Waals surface area contributed by atoms with Crippen molar-refractivity contribution in [2.24, 2.45) is 5.73 Å². The molecule has 0 spiro atoms. The molecule has 0 saturated carbocycles. The molecule has 0 fully saturated rings. The predicted octanol–water partition coefficient (Wildman–Crippen LogP) is 1.44. The summed E-state index contributed by atoms with van der Waals surface area (Å²) in [7, 11) is 1.46. The second kappa shape index (κ2) is 7.76. The van der Waals surface area contributed by atoms with Crippen LogP contribution in [0.3, 0.4) is 0 Å². The van der Waals surface area contributed by atoms with Crippen molar-refractivity contribution >= 4 is 5.91 Å². The number of carbonyl (C=O) groups excluding carboxylic acids is 1. The number of nitrogens with two attached hydrogens (primary N) is 1. The van der Waals surface area contributed by atoms with E-state index in [1.54, 1.807) is 19.1 Å². The van der Waals surface area contributed by atoms with E-state index in [1.807, 2.05) is 0 Å². The van der Waals surface area contributed by atoms with Gasteiger partial charge in [0.15, 0.2) is 0 Å². The maximum Gasteiger partial charge on any atom is 0.387 e. The first-order valence-corrected chi connectivity index (χ1v) is 6.03. The summed E-state index contributed by atoms with van der Waals surface area (Å²) in [4.78, 5) is 11.7. The zero-order chi connectivity index (χ0) is 15.1. The third kappa shape index (κ3) is 5.10. The third-order valence-electron chi connectivity index (χ3n) is 2.65. The quantitative estimate of drug-likeness (QED) is 0.796. The Hall–Kier alpha value is -1.73. The van der Waals surface area contributed by atoms with Crippen LogP contribution in [0.1, 0.15) is 18.5 Å². The fraction of sp³-hybridized carbons (Fsp3) is 0.462. The van der Waals surface area contributed by atoms with Gasteiger partial charge in [-0.15, -0.1) is 0 Å². The van der Waals surface area contributed by atoms with E-state index < -0.39 is 12.7 Å².